The van der Waals surface area contributed by atoms with Gasteiger partial charge in [0.2, 0.25) is 0 Å². The molecule has 6 heteroatoms. The Kier molecular flexibility index (Phi) is 5.28. The van der Waals surface area contributed by atoms with E-state index in [2.05, 4.69) is 87.3 Å². The minimum Gasteiger partial charge on any atom is -0.378 e. The number of thiocarbonyl (C=S) groups is 1. The van der Waals surface area contributed by atoms with E-state index in [9.17, 15) is 0 Å². The Hall–Kier alpha value is -2.86. The smallest absolute Gasteiger partial charge is 0.174 e. The summed E-state index contributed by atoms with van der Waals surface area (Å²) in [5.41, 5.74) is 4.45. The number of nitrogens with one attached hydrogen (secondary N) is 1. The number of hydrogen-bond donors (Lipinski definition) is 1. The Morgan fingerprint density at radius 1 is 1.07 bits per heavy atom. The molecule has 150 valence electrons. The molecule has 1 saturated heterocycles. The Bertz CT molecular complexity index is 978. The van der Waals surface area contributed by atoms with Gasteiger partial charge in [0.05, 0.1) is 17.8 Å². The molecule has 0 saturated carbocycles. The lowest BCUT2D eigenvalue weighted by molar-refractivity contribution is 0.560. The van der Waals surface area contributed by atoms with E-state index in [4.69, 9.17) is 12.2 Å². The fraction of sp³-hybridized carbons (Fsp3) is 0.304. The van der Waals surface area contributed by atoms with Gasteiger partial charge in [-0.2, -0.15) is 0 Å². The van der Waals surface area contributed by atoms with Crippen LogP contribution in [0.3, 0.4) is 0 Å². The number of benzene rings is 1. The standard InChI is InChI=1S/C23H27N5S/c1-16(2)27-14-12-17(15-27)22-21(20-7-5-6-13-24-20)25-23(29)28(22)19-10-8-18(9-11-19)26(3)4/h5-16,21-22H,1-4H3,(H,25,29)/t21-,22-/m0/s1. The predicted octanol–water partition coefficient (Wildman–Crippen LogP) is 4.71. The van der Waals surface area contributed by atoms with Crippen molar-refractivity contribution in [1.29, 1.82) is 0 Å². The van der Waals surface area contributed by atoms with Crippen molar-refractivity contribution in [2.75, 3.05) is 23.9 Å². The third kappa shape index (κ3) is 3.72. The molecule has 2 atom stereocenters. The number of anilines is 2. The monoisotopic (exact) mass is 405 g/mol. The fourth-order valence-corrected chi connectivity index (χ4v) is 4.16. The summed E-state index contributed by atoms with van der Waals surface area (Å²) in [4.78, 5) is 8.93. The normalized spacial score (nSPS) is 18.9. The second-order valence-corrected chi connectivity index (χ2v) is 8.28. The molecule has 0 spiro atoms. The van der Waals surface area contributed by atoms with Gasteiger partial charge in [-0.05, 0) is 74.1 Å². The molecule has 29 heavy (non-hydrogen) atoms. The SMILES string of the molecule is CC(C)n1ccc([C@H]2[C@H](c3ccccn3)NC(=S)N2c2ccc(N(C)C)cc2)c1. The molecule has 0 radical (unpaired) electrons. The molecule has 1 N–H and O–H groups in total. The largest absolute Gasteiger partial charge is 0.378 e. The number of pyridine rings is 1. The Labute approximate surface area is 178 Å². The third-order valence-electron chi connectivity index (χ3n) is 5.42. The minimum absolute atomic E-state index is 0.0137. The molecule has 1 aliphatic heterocycles. The van der Waals surface area contributed by atoms with Crippen LogP contribution in [-0.2, 0) is 0 Å². The average molecular weight is 406 g/mol. The van der Waals surface area contributed by atoms with Crippen LogP contribution in [0.1, 0.15) is 43.2 Å². The van der Waals surface area contributed by atoms with Gasteiger partial charge in [0.1, 0.15) is 0 Å². The minimum atomic E-state index is -0.0137. The van der Waals surface area contributed by atoms with Crippen molar-refractivity contribution >= 4 is 28.7 Å². The lowest BCUT2D eigenvalue weighted by Crippen LogP contribution is -2.29. The molecule has 5 nitrogen and oxygen atoms in total. The number of nitrogens with zero attached hydrogens (tertiary/aromatic N) is 4. The molecule has 0 amide bonds. The fourth-order valence-electron chi connectivity index (χ4n) is 3.81. The van der Waals surface area contributed by atoms with Crippen LogP contribution in [0.15, 0.2) is 67.1 Å². The molecule has 0 unspecified atom stereocenters. The number of aromatic nitrogens is 2. The number of rotatable bonds is 5. The van der Waals surface area contributed by atoms with E-state index in [-0.39, 0.29) is 12.1 Å². The van der Waals surface area contributed by atoms with Gasteiger partial charge < -0.3 is 19.7 Å². The summed E-state index contributed by atoms with van der Waals surface area (Å²) in [5, 5.41) is 4.24. The van der Waals surface area contributed by atoms with Crippen LogP contribution in [0, 0.1) is 0 Å². The van der Waals surface area contributed by atoms with Crippen molar-refractivity contribution in [3.05, 3.63) is 78.4 Å². The van der Waals surface area contributed by atoms with E-state index in [0.29, 0.717) is 6.04 Å². The maximum absolute atomic E-state index is 5.79. The maximum Gasteiger partial charge on any atom is 0.174 e. The van der Waals surface area contributed by atoms with Crippen molar-refractivity contribution in [2.45, 2.75) is 32.0 Å². The zero-order valence-electron chi connectivity index (χ0n) is 17.3. The van der Waals surface area contributed by atoms with E-state index in [1.54, 1.807) is 0 Å². The molecule has 0 bridgehead atoms. The quantitative estimate of drug-likeness (QED) is 0.622. The lowest BCUT2D eigenvalue weighted by atomic mass is 9.98. The highest BCUT2D eigenvalue weighted by molar-refractivity contribution is 7.80. The summed E-state index contributed by atoms with van der Waals surface area (Å²) in [7, 11) is 4.09. The Morgan fingerprint density at radius 2 is 1.83 bits per heavy atom. The molecule has 3 aromatic rings. The van der Waals surface area contributed by atoms with Gasteiger partial charge in [0, 0.05) is 50.1 Å². The van der Waals surface area contributed by atoms with Crippen LogP contribution >= 0.6 is 12.2 Å². The van der Waals surface area contributed by atoms with Gasteiger partial charge in [0.15, 0.2) is 5.11 Å². The summed E-state index contributed by atoms with van der Waals surface area (Å²) >= 11 is 5.79. The summed E-state index contributed by atoms with van der Waals surface area (Å²) in [6.07, 6.45) is 6.21. The first-order chi connectivity index (χ1) is 14.0. The highest BCUT2D eigenvalue weighted by atomic mass is 32.1. The first-order valence-corrected chi connectivity index (χ1v) is 10.3. The van der Waals surface area contributed by atoms with Crippen LogP contribution in [0.4, 0.5) is 11.4 Å². The summed E-state index contributed by atoms with van der Waals surface area (Å²) < 4.78 is 2.24. The highest BCUT2D eigenvalue weighted by Crippen LogP contribution is 2.42. The molecular weight excluding hydrogens is 378 g/mol. The van der Waals surface area contributed by atoms with E-state index in [1.165, 1.54) is 5.56 Å². The average Bonchev–Trinajstić information content (AvgIpc) is 3.33. The van der Waals surface area contributed by atoms with E-state index in [0.717, 1.165) is 22.2 Å². The molecule has 1 aromatic carbocycles. The molecule has 0 aliphatic carbocycles. The number of hydrogen-bond acceptors (Lipinski definition) is 3. The van der Waals surface area contributed by atoms with E-state index in [1.807, 2.05) is 32.4 Å². The molecule has 2 aromatic heterocycles. The summed E-state index contributed by atoms with van der Waals surface area (Å²) in [6, 6.07) is 17.2. The zero-order chi connectivity index (χ0) is 20.5. The molecule has 1 fully saturated rings. The van der Waals surface area contributed by atoms with Crippen molar-refractivity contribution in [2.24, 2.45) is 0 Å². The van der Waals surface area contributed by atoms with Gasteiger partial charge in [-0.15, -0.1) is 0 Å². The van der Waals surface area contributed by atoms with Crippen LogP contribution in [0.2, 0.25) is 0 Å². The Morgan fingerprint density at radius 3 is 2.41 bits per heavy atom. The molecule has 1 aliphatic rings. The van der Waals surface area contributed by atoms with E-state index >= 15 is 0 Å². The van der Waals surface area contributed by atoms with Crippen LogP contribution in [0.25, 0.3) is 0 Å². The summed E-state index contributed by atoms with van der Waals surface area (Å²) in [6.45, 7) is 4.38. The molecule has 3 heterocycles. The van der Waals surface area contributed by atoms with Crippen molar-refractivity contribution < 1.29 is 0 Å². The molecule has 4 rings (SSSR count). The summed E-state index contributed by atoms with van der Waals surface area (Å²) in [5.74, 6) is 0. The topological polar surface area (TPSA) is 36.3 Å². The molecular formula is C23H27N5S. The van der Waals surface area contributed by atoms with Crippen LogP contribution in [-0.4, -0.2) is 28.8 Å². The van der Waals surface area contributed by atoms with Gasteiger partial charge in [0.25, 0.3) is 0 Å². The van der Waals surface area contributed by atoms with Gasteiger partial charge in [-0.1, -0.05) is 6.07 Å². The van der Waals surface area contributed by atoms with Crippen LogP contribution < -0.4 is 15.1 Å². The second kappa shape index (κ2) is 7.87. The van der Waals surface area contributed by atoms with Gasteiger partial charge >= 0.3 is 0 Å². The van der Waals surface area contributed by atoms with Crippen LogP contribution in [0.5, 0.6) is 0 Å². The zero-order valence-corrected chi connectivity index (χ0v) is 18.1. The first-order valence-electron chi connectivity index (χ1n) is 9.91. The highest BCUT2D eigenvalue weighted by Gasteiger charge is 2.41. The van der Waals surface area contributed by atoms with E-state index < -0.39 is 0 Å². The van der Waals surface area contributed by atoms with Crippen molar-refractivity contribution in [3.63, 3.8) is 0 Å². The first kappa shape index (κ1) is 19.5. The second-order valence-electron chi connectivity index (χ2n) is 7.89. The van der Waals surface area contributed by atoms with Gasteiger partial charge in [-0.3, -0.25) is 4.98 Å². The third-order valence-corrected chi connectivity index (χ3v) is 5.73. The van der Waals surface area contributed by atoms with Crippen molar-refractivity contribution in [1.82, 2.24) is 14.9 Å². The maximum atomic E-state index is 5.79. The lowest BCUT2D eigenvalue weighted by Gasteiger charge is -2.27. The predicted molar refractivity (Wildman–Crippen MR) is 124 cm³/mol. The van der Waals surface area contributed by atoms with Gasteiger partial charge in [-0.25, -0.2) is 0 Å². The Balaban J connectivity index is 1.78. The van der Waals surface area contributed by atoms with Crippen molar-refractivity contribution in [3.8, 4) is 0 Å².